The molecule has 0 unspecified atom stereocenters. The molecule has 3 aromatic rings. The molecule has 1 N–H and O–H groups in total. The van der Waals surface area contributed by atoms with E-state index in [2.05, 4.69) is 5.32 Å². The van der Waals surface area contributed by atoms with Crippen LogP contribution in [0.25, 0.3) is 0 Å². The molecular formula is C19H15FN2O3. The Balaban J connectivity index is 1.74. The summed E-state index contributed by atoms with van der Waals surface area (Å²) in [5, 5.41) is 2.66. The Morgan fingerprint density at radius 1 is 1.00 bits per heavy atom. The van der Waals surface area contributed by atoms with Gasteiger partial charge in [-0.3, -0.25) is 9.59 Å². The number of carbonyl (C=O) groups is 1. The SMILES string of the molecule is O=C(Nc1ccccc1)c1cccn(OCc2ccc(F)cc2)c1=O. The molecule has 5 nitrogen and oxygen atoms in total. The zero-order chi connectivity index (χ0) is 17.6. The number of aromatic nitrogens is 1. The lowest BCUT2D eigenvalue weighted by Crippen LogP contribution is -2.32. The molecule has 3 rings (SSSR count). The van der Waals surface area contributed by atoms with E-state index in [1.165, 1.54) is 24.4 Å². The van der Waals surface area contributed by atoms with Crippen LogP contribution in [0.2, 0.25) is 0 Å². The molecule has 25 heavy (non-hydrogen) atoms. The minimum atomic E-state index is -0.571. The maximum atomic E-state index is 12.9. The number of rotatable bonds is 5. The van der Waals surface area contributed by atoms with Gasteiger partial charge in [0.1, 0.15) is 18.0 Å². The number of anilines is 1. The molecule has 1 aromatic heterocycles. The largest absolute Gasteiger partial charge is 0.406 e. The lowest BCUT2D eigenvalue weighted by molar-refractivity contribution is 0.0863. The van der Waals surface area contributed by atoms with Crippen LogP contribution < -0.4 is 15.7 Å². The van der Waals surface area contributed by atoms with E-state index in [9.17, 15) is 14.0 Å². The van der Waals surface area contributed by atoms with Gasteiger partial charge in [0.25, 0.3) is 11.5 Å². The van der Waals surface area contributed by atoms with Crippen molar-refractivity contribution in [3.63, 3.8) is 0 Å². The summed E-state index contributed by atoms with van der Waals surface area (Å²) in [6.45, 7) is 0.0734. The normalized spacial score (nSPS) is 10.3. The topological polar surface area (TPSA) is 60.3 Å². The zero-order valence-corrected chi connectivity index (χ0v) is 13.2. The molecule has 0 aliphatic rings. The summed E-state index contributed by atoms with van der Waals surface area (Å²) in [5.41, 5.74) is 0.686. The van der Waals surface area contributed by atoms with Crippen molar-refractivity contribution in [3.8, 4) is 0 Å². The number of amides is 1. The number of carbonyl (C=O) groups excluding carboxylic acids is 1. The second-order valence-electron chi connectivity index (χ2n) is 5.27. The number of pyridine rings is 1. The first-order valence-electron chi connectivity index (χ1n) is 7.59. The van der Waals surface area contributed by atoms with Crippen molar-refractivity contribution in [2.24, 2.45) is 0 Å². The molecule has 0 bridgehead atoms. The lowest BCUT2D eigenvalue weighted by Gasteiger charge is -2.10. The van der Waals surface area contributed by atoms with E-state index in [1.807, 2.05) is 6.07 Å². The van der Waals surface area contributed by atoms with E-state index in [0.29, 0.717) is 11.3 Å². The van der Waals surface area contributed by atoms with Gasteiger partial charge in [-0.1, -0.05) is 30.3 Å². The summed E-state index contributed by atoms with van der Waals surface area (Å²) in [7, 11) is 0. The minimum Gasteiger partial charge on any atom is -0.406 e. The van der Waals surface area contributed by atoms with Crippen molar-refractivity contribution < 1.29 is 14.0 Å². The van der Waals surface area contributed by atoms with Crippen LogP contribution in [0.5, 0.6) is 0 Å². The fourth-order valence-electron chi connectivity index (χ4n) is 2.19. The molecule has 0 fully saturated rings. The molecule has 0 aliphatic carbocycles. The van der Waals surface area contributed by atoms with Gasteiger partial charge in [-0.05, 0) is 42.0 Å². The van der Waals surface area contributed by atoms with Crippen molar-refractivity contribution in [2.45, 2.75) is 6.61 Å². The molecule has 0 spiro atoms. The van der Waals surface area contributed by atoms with Crippen LogP contribution in [0, 0.1) is 5.82 Å². The maximum Gasteiger partial charge on any atom is 0.295 e. The molecule has 0 saturated carbocycles. The summed E-state index contributed by atoms with van der Waals surface area (Å²) in [6.07, 6.45) is 1.42. The third kappa shape index (κ3) is 4.11. The van der Waals surface area contributed by atoms with Crippen molar-refractivity contribution in [1.29, 1.82) is 0 Å². The monoisotopic (exact) mass is 338 g/mol. The van der Waals surface area contributed by atoms with Crippen molar-refractivity contribution >= 4 is 11.6 Å². The predicted molar refractivity (Wildman–Crippen MR) is 91.8 cm³/mol. The average molecular weight is 338 g/mol. The first-order chi connectivity index (χ1) is 12.1. The third-order valence-electron chi connectivity index (χ3n) is 3.47. The summed E-state index contributed by atoms with van der Waals surface area (Å²) in [6, 6.07) is 17.6. The summed E-state index contributed by atoms with van der Waals surface area (Å²) >= 11 is 0. The number of hydrogen-bond donors (Lipinski definition) is 1. The molecule has 0 radical (unpaired) electrons. The fourth-order valence-corrected chi connectivity index (χ4v) is 2.19. The number of halogens is 1. The summed E-state index contributed by atoms with van der Waals surface area (Å²) in [5.74, 6) is -0.864. The highest BCUT2D eigenvalue weighted by Crippen LogP contribution is 2.07. The number of benzene rings is 2. The van der Waals surface area contributed by atoms with Gasteiger partial charge in [-0.15, -0.1) is 0 Å². The van der Waals surface area contributed by atoms with Crippen LogP contribution in [-0.2, 0) is 6.61 Å². The second kappa shape index (κ2) is 7.44. The van der Waals surface area contributed by atoms with E-state index in [-0.39, 0.29) is 18.0 Å². The third-order valence-corrected chi connectivity index (χ3v) is 3.47. The van der Waals surface area contributed by atoms with Gasteiger partial charge in [0.2, 0.25) is 0 Å². The summed E-state index contributed by atoms with van der Waals surface area (Å²) in [4.78, 5) is 30.1. The van der Waals surface area contributed by atoms with Gasteiger partial charge in [0.15, 0.2) is 0 Å². The van der Waals surface area contributed by atoms with Crippen LogP contribution in [0.3, 0.4) is 0 Å². The van der Waals surface area contributed by atoms with Gasteiger partial charge < -0.3 is 10.2 Å². The first kappa shape index (κ1) is 16.4. The highest BCUT2D eigenvalue weighted by atomic mass is 19.1. The number of para-hydroxylation sites is 1. The van der Waals surface area contributed by atoms with Gasteiger partial charge >= 0.3 is 0 Å². The molecule has 6 heteroatoms. The lowest BCUT2D eigenvalue weighted by atomic mass is 10.2. The smallest absolute Gasteiger partial charge is 0.295 e. The molecule has 126 valence electrons. The van der Waals surface area contributed by atoms with Gasteiger partial charge in [0.05, 0.1) is 0 Å². The predicted octanol–water partition coefficient (Wildman–Crippen LogP) is 2.87. The van der Waals surface area contributed by atoms with E-state index in [0.717, 1.165) is 4.73 Å². The molecule has 0 atom stereocenters. The van der Waals surface area contributed by atoms with E-state index in [4.69, 9.17) is 4.84 Å². The zero-order valence-electron chi connectivity index (χ0n) is 13.2. The number of hydrogen-bond acceptors (Lipinski definition) is 3. The highest BCUT2D eigenvalue weighted by Gasteiger charge is 2.13. The molecule has 0 aliphatic heterocycles. The van der Waals surface area contributed by atoms with Gasteiger partial charge in [-0.25, -0.2) is 4.39 Å². The Morgan fingerprint density at radius 2 is 1.72 bits per heavy atom. The van der Waals surface area contributed by atoms with Crippen molar-refractivity contribution in [1.82, 2.24) is 4.73 Å². The Morgan fingerprint density at radius 3 is 2.44 bits per heavy atom. The van der Waals surface area contributed by atoms with Gasteiger partial charge in [0, 0.05) is 11.9 Å². The van der Waals surface area contributed by atoms with E-state index >= 15 is 0 Å². The van der Waals surface area contributed by atoms with Gasteiger partial charge in [-0.2, -0.15) is 4.73 Å². The molecule has 2 aromatic carbocycles. The van der Waals surface area contributed by atoms with Crippen molar-refractivity contribution in [2.75, 3.05) is 5.32 Å². The van der Waals surface area contributed by atoms with Crippen LogP contribution in [0.1, 0.15) is 15.9 Å². The number of nitrogens with one attached hydrogen (secondary N) is 1. The van der Waals surface area contributed by atoms with Crippen LogP contribution in [0.15, 0.2) is 77.7 Å². The standard InChI is InChI=1S/C19H15FN2O3/c20-15-10-8-14(9-11-15)13-25-22-12-4-7-17(19(22)24)18(23)21-16-5-2-1-3-6-16/h1-12H,13H2,(H,21,23). The molecule has 1 amide bonds. The second-order valence-corrected chi connectivity index (χ2v) is 5.27. The first-order valence-corrected chi connectivity index (χ1v) is 7.59. The van der Waals surface area contributed by atoms with Crippen molar-refractivity contribution in [3.05, 3.63) is 100 Å². The van der Waals surface area contributed by atoms with Crippen LogP contribution in [-0.4, -0.2) is 10.6 Å². The molecule has 1 heterocycles. The van der Waals surface area contributed by atoms with Crippen LogP contribution >= 0.6 is 0 Å². The highest BCUT2D eigenvalue weighted by molar-refractivity contribution is 6.03. The summed E-state index contributed by atoms with van der Waals surface area (Å²) < 4.78 is 13.9. The molecule has 0 saturated heterocycles. The fraction of sp³-hybridized carbons (Fsp3) is 0.0526. The maximum absolute atomic E-state index is 12.9. The Bertz CT molecular complexity index is 921. The van der Waals surface area contributed by atoms with E-state index < -0.39 is 11.5 Å². The quantitative estimate of drug-likeness (QED) is 0.778. The Labute approximate surface area is 143 Å². The van der Waals surface area contributed by atoms with E-state index in [1.54, 1.807) is 42.5 Å². The minimum absolute atomic E-state index is 0.0366. The average Bonchev–Trinajstić information content (AvgIpc) is 2.63. The Kier molecular flexibility index (Phi) is 4.89. The Hall–Kier alpha value is -3.41. The molecular weight excluding hydrogens is 323 g/mol. The van der Waals surface area contributed by atoms with Crippen LogP contribution in [0.4, 0.5) is 10.1 Å². The number of nitrogens with zero attached hydrogens (tertiary/aromatic N) is 1.